The zero-order chi connectivity index (χ0) is 24.1. The lowest BCUT2D eigenvalue weighted by Gasteiger charge is -2.10. The maximum absolute atomic E-state index is 13.1. The number of methoxy groups -OCH3 is 2. The van der Waals surface area contributed by atoms with Crippen molar-refractivity contribution in [3.63, 3.8) is 0 Å². The molecule has 0 bridgehead atoms. The van der Waals surface area contributed by atoms with E-state index in [9.17, 15) is 4.79 Å². The quantitative estimate of drug-likeness (QED) is 0.298. The second kappa shape index (κ2) is 10.3. The molecular formula is C24H24N6O3S. The van der Waals surface area contributed by atoms with Crippen molar-refractivity contribution < 1.29 is 14.3 Å². The molecule has 0 spiro atoms. The molecule has 2 heterocycles. The van der Waals surface area contributed by atoms with Crippen molar-refractivity contribution >= 4 is 23.4 Å². The number of benzene rings is 2. The van der Waals surface area contributed by atoms with Gasteiger partial charge in [-0.1, -0.05) is 17.0 Å². The molecule has 4 rings (SSSR count). The predicted molar refractivity (Wildman–Crippen MR) is 130 cm³/mol. The first-order chi connectivity index (χ1) is 16.5. The van der Waals surface area contributed by atoms with Crippen LogP contribution >= 0.6 is 11.8 Å². The summed E-state index contributed by atoms with van der Waals surface area (Å²) in [5, 5.41) is 12.0. The van der Waals surface area contributed by atoms with Crippen LogP contribution in [-0.2, 0) is 5.75 Å². The molecule has 0 unspecified atom stereocenters. The highest BCUT2D eigenvalue weighted by Gasteiger charge is 2.22. The topological polar surface area (TPSA) is 104 Å². The maximum Gasteiger partial charge on any atom is 0.278 e. The summed E-state index contributed by atoms with van der Waals surface area (Å²) in [6.45, 7) is 3.85. The van der Waals surface area contributed by atoms with Crippen LogP contribution in [0.1, 0.15) is 27.6 Å². The summed E-state index contributed by atoms with van der Waals surface area (Å²) >= 11 is 1.42. The Hall–Kier alpha value is -3.92. The van der Waals surface area contributed by atoms with Crippen LogP contribution in [0.4, 0.5) is 5.69 Å². The highest BCUT2D eigenvalue weighted by atomic mass is 32.2. The summed E-state index contributed by atoms with van der Waals surface area (Å²) in [5.74, 6) is 1.46. The SMILES string of the molecule is COc1ccc(NC(=O)c2nnn(-c3ccc(OC)cc3)c2CSc2nc(C)cc(C)n2)cc1. The van der Waals surface area contributed by atoms with Crippen molar-refractivity contribution in [3.8, 4) is 17.2 Å². The number of hydrogen-bond acceptors (Lipinski definition) is 8. The van der Waals surface area contributed by atoms with Crippen molar-refractivity contribution in [1.29, 1.82) is 0 Å². The number of thioether (sulfide) groups is 1. The molecule has 0 saturated carbocycles. The van der Waals surface area contributed by atoms with Gasteiger partial charge in [0.15, 0.2) is 10.9 Å². The monoisotopic (exact) mass is 476 g/mol. The number of rotatable bonds is 8. The van der Waals surface area contributed by atoms with Gasteiger partial charge in [0, 0.05) is 22.8 Å². The van der Waals surface area contributed by atoms with Gasteiger partial charge in [0.05, 0.1) is 25.6 Å². The Labute approximate surface area is 201 Å². The van der Waals surface area contributed by atoms with Crippen molar-refractivity contribution in [2.45, 2.75) is 24.8 Å². The molecule has 0 aliphatic carbocycles. The van der Waals surface area contributed by atoms with E-state index >= 15 is 0 Å². The summed E-state index contributed by atoms with van der Waals surface area (Å²) in [5.41, 5.74) is 4.01. The third-order valence-corrected chi connectivity index (χ3v) is 5.80. The highest BCUT2D eigenvalue weighted by molar-refractivity contribution is 7.98. The number of aryl methyl sites for hydroxylation is 2. The fourth-order valence-electron chi connectivity index (χ4n) is 3.29. The first kappa shape index (κ1) is 23.2. The average Bonchev–Trinajstić information content (AvgIpc) is 3.27. The molecule has 4 aromatic rings. The van der Waals surface area contributed by atoms with Gasteiger partial charge in [0.1, 0.15) is 11.5 Å². The van der Waals surface area contributed by atoms with Gasteiger partial charge in [0.25, 0.3) is 5.91 Å². The molecule has 0 saturated heterocycles. The van der Waals surface area contributed by atoms with Crippen LogP contribution in [0.3, 0.4) is 0 Å². The van der Waals surface area contributed by atoms with E-state index in [1.165, 1.54) is 11.8 Å². The molecule has 1 N–H and O–H groups in total. The number of amides is 1. The van der Waals surface area contributed by atoms with Gasteiger partial charge in [-0.05, 0) is 68.4 Å². The molecular weight excluding hydrogens is 452 g/mol. The molecule has 0 aliphatic heterocycles. The lowest BCUT2D eigenvalue weighted by atomic mass is 10.2. The lowest BCUT2D eigenvalue weighted by Crippen LogP contribution is -2.15. The number of aromatic nitrogens is 5. The smallest absolute Gasteiger partial charge is 0.278 e. The van der Waals surface area contributed by atoms with E-state index in [2.05, 4.69) is 25.6 Å². The van der Waals surface area contributed by atoms with Crippen LogP contribution in [-0.4, -0.2) is 45.1 Å². The van der Waals surface area contributed by atoms with Gasteiger partial charge in [-0.15, -0.1) is 5.10 Å². The van der Waals surface area contributed by atoms with E-state index in [1.54, 1.807) is 43.2 Å². The van der Waals surface area contributed by atoms with Crippen LogP contribution in [0, 0.1) is 13.8 Å². The predicted octanol–water partition coefficient (Wildman–Crippen LogP) is 4.24. The number of ether oxygens (including phenoxy) is 2. The van der Waals surface area contributed by atoms with Crippen molar-refractivity contribution in [2.75, 3.05) is 19.5 Å². The van der Waals surface area contributed by atoms with Gasteiger partial charge in [-0.25, -0.2) is 14.6 Å². The number of nitrogens with zero attached hydrogens (tertiary/aromatic N) is 5. The number of anilines is 1. The average molecular weight is 477 g/mol. The van der Waals surface area contributed by atoms with Crippen LogP contribution in [0.25, 0.3) is 5.69 Å². The highest BCUT2D eigenvalue weighted by Crippen LogP contribution is 2.25. The third kappa shape index (κ3) is 5.34. The minimum absolute atomic E-state index is 0.225. The Morgan fingerprint density at radius 2 is 1.53 bits per heavy atom. The molecule has 2 aromatic carbocycles. The minimum Gasteiger partial charge on any atom is -0.497 e. The molecule has 174 valence electrons. The van der Waals surface area contributed by atoms with Gasteiger partial charge >= 0.3 is 0 Å². The van der Waals surface area contributed by atoms with E-state index in [0.717, 1.165) is 22.8 Å². The summed E-state index contributed by atoms with van der Waals surface area (Å²) in [6, 6.07) is 16.4. The molecule has 0 aliphatic rings. The largest absolute Gasteiger partial charge is 0.497 e. The molecule has 0 fully saturated rings. The Balaban J connectivity index is 1.65. The summed E-state index contributed by atoms with van der Waals surface area (Å²) < 4.78 is 12.1. The summed E-state index contributed by atoms with van der Waals surface area (Å²) in [7, 11) is 3.20. The van der Waals surface area contributed by atoms with E-state index in [0.29, 0.717) is 28.0 Å². The number of hydrogen-bond donors (Lipinski definition) is 1. The van der Waals surface area contributed by atoms with Crippen LogP contribution in [0.2, 0.25) is 0 Å². The number of nitrogens with one attached hydrogen (secondary N) is 1. The standard InChI is InChI=1S/C24H24N6O3S/c1-15-13-16(2)26-24(25-15)34-14-21-22(23(31)27-17-5-9-19(32-3)10-6-17)28-29-30(21)18-7-11-20(33-4)12-8-18/h5-13H,14H2,1-4H3,(H,27,31). The van der Waals surface area contributed by atoms with Crippen LogP contribution in [0.15, 0.2) is 59.8 Å². The van der Waals surface area contributed by atoms with E-state index in [1.807, 2.05) is 44.2 Å². The molecule has 1 amide bonds. The number of carbonyl (C=O) groups is 1. The van der Waals surface area contributed by atoms with Crippen LogP contribution < -0.4 is 14.8 Å². The van der Waals surface area contributed by atoms with E-state index in [4.69, 9.17) is 9.47 Å². The van der Waals surface area contributed by atoms with Gasteiger partial charge in [-0.3, -0.25) is 4.79 Å². The Morgan fingerprint density at radius 1 is 0.941 bits per heavy atom. The fourth-order valence-corrected chi connectivity index (χ4v) is 4.24. The third-order valence-electron chi connectivity index (χ3n) is 4.94. The van der Waals surface area contributed by atoms with Gasteiger partial charge < -0.3 is 14.8 Å². The normalized spacial score (nSPS) is 10.7. The minimum atomic E-state index is -0.359. The molecule has 9 nitrogen and oxygen atoms in total. The van der Waals surface area contributed by atoms with Crippen LogP contribution in [0.5, 0.6) is 11.5 Å². The van der Waals surface area contributed by atoms with Gasteiger partial charge in [-0.2, -0.15) is 0 Å². The maximum atomic E-state index is 13.1. The molecule has 0 radical (unpaired) electrons. The number of carbonyl (C=O) groups excluding carboxylic acids is 1. The molecule has 34 heavy (non-hydrogen) atoms. The van der Waals surface area contributed by atoms with Gasteiger partial charge in [0.2, 0.25) is 0 Å². The molecule has 10 heteroatoms. The second-order valence-corrected chi connectivity index (χ2v) is 8.34. The zero-order valence-electron chi connectivity index (χ0n) is 19.3. The van der Waals surface area contributed by atoms with Crippen molar-refractivity contribution in [3.05, 3.63) is 77.4 Å². The summed E-state index contributed by atoms with van der Waals surface area (Å²) in [6.07, 6.45) is 0. The van der Waals surface area contributed by atoms with E-state index in [-0.39, 0.29) is 11.6 Å². The second-order valence-electron chi connectivity index (χ2n) is 7.40. The zero-order valence-corrected chi connectivity index (χ0v) is 20.1. The summed E-state index contributed by atoms with van der Waals surface area (Å²) in [4.78, 5) is 22.1. The Bertz CT molecular complexity index is 1270. The van der Waals surface area contributed by atoms with Crippen molar-refractivity contribution in [2.24, 2.45) is 0 Å². The Morgan fingerprint density at radius 3 is 2.12 bits per heavy atom. The van der Waals surface area contributed by atoms with Crippen molar-refractivity contribution in [1.82, 2.24) is 25.0 Å². The fraction of sp³-hybridized carbons (Fsp3) is 0.208. The Kier molecular flexibility index (Phi) is 7.07. The first-order valence-electron chi connectivity index (χ1n) is 10.5. The van der Waals surface area contributed by atoms with E-state index < -0.39 is 0 Å². The lowest BCUT2D eigenvalue weighted by molar-refractivity contribution is 0.102. The molecule has 0 atom stereocenters. The molecule has 2 aromatic heterocycles. The first-order valence-corrected chi connectivity index (χ1v) is 11.4.